The number of rotatable bonds is 4. The lowest BCUT2D eigenvalue weighted by Crippen LogP contribution is -2.11. The van der Waals surface area contributed by atoms with Gasteiger partial charge in [-0.25, -0.2) is 4.98 Å². The van der Waals surface area contributed by atoms with Crippen LogP contribution in [0, 0.1) is 6.92 Å². The van der Waals surface area contributed by atoms with Gasteiger partial charge in [-0.2, -0.15) is 0 Å². The Kier molecular flexibility index (Phi) is 4.07. The van der Waals surface area contributed by atoms with E-state index < -0.39 is 0 Å². The number of para-hydroxylation sites is 1. The van der Waals surface area contributed by atoms with Crippen LogP contribution in [0.25, 0.3) is 22.4 Å². The lowest BCUT2D eigenvalue weighted by molar-refractivity contribution is 0.465. The molecule has 0 bridgehead atoms. The molecule has 2 aromatic carbocycles. The van der Waals surface area contributed by atoms with E-state index in [1.165, 1.54) is 11.8 Å². The van der Waals surface area contributed by atoms with Crippen LogP contribution < -0.4 is 5.56 Å². The third-order valence-corrected chi connectivity index (χ3v) is 4.58. The molecular weight excluding hydrogens is 336 g/mol. The molecule has 25 heavy (non-hydrogen) atoms. The van der Waals surface area contributed by atoms with Gasteiger partial charge in [0.25, 0.3) is 10.8 Å². The van der Waals surface area contributed by atoms with Crippen LogP contribution in [0.3, 0.4) is 0 Å². The van der Waals surface area contributed by atoms with Gasteiger partial charge in [-0.3, -0.25) is 4.79 Å². The molecule has 0 fully saturated rings. The van der Waals surface area contributed by atoms with Gasteiger partial charge in [-0.05, 0) is 30.7 Å². The minimum Gasteiger partial charge on any atom is -0.411 e. The Morgan fingerprint density at radius 2 is 1.92 bits per heavy atom. The van der Waals surface area contributed by atoms with Crippen molar-refractivity contribution >= 4 is 22.7 Å². The normalized spacial score (nSPS) is 11.1. The molecule has 0 radical (unpaired) electrons. The second kappa shape index (κ2) is 6.52. The highest BCUT2D eigenvalue weighted by Crippen LogP contribution is 2.25. The van der Waals surface area contributed by atoms with Crippen LogP contribution in [0.2, 0.25) is 0 Å². The Morgan fingerprint density at radius 1 is 1.08 bits per heavy atom. The lowest BCUT2D eigenvalue weighted by atomic mass is 10.1. The van der Waals surface area contributed by atoms with Gasteiger partial charge < -0.3 is 9.40 Å². The molecule has 2 aromatic heterocycles. The number of hydrogen-bond acceptors (Lipinski definition) is 6. The van der Waals surface area contributed by atoms with Crippen LogP contribution in [0.5, 0.6) is 0 Å². The summed E-state index contributed by atoms with van der Waals surface area (Å²) >= 11 is 1.34. The molecule has 0 aliphatic rings. The van der Waals surface area contributed by atoms with Crippen molar-refractivity contribution in [3.63, 3.8) is 0 Å². The van der Waals surface area contributed by atoms with E-state index in [1.807, 2.05) is 49.4 Å². The van der Waals surface area contributed by atoms with Gasteiger partial charge in [0, 0.05) is 5.56 Å². The third kappa shape index (κ3) is 3.18. The molecule has 7 heteroatoms. The number of nitrogens with zero attached hydrogens (tertiary/aromatic N) is 3. The number of aromatic amines is 1. The summed E-state index contributed by atoms with van der Waals surface area (Å²) in [4.78, 5) is 19.6. The number of aryl methyl sites for hydroxylation is 1. The van der Waals surface area contributed by atoms with Crippen molar-refractivity contribution in [2.75, 3.05) is 0 Å². The Labute approximate surface area is 147 Å². The molecule has 0 saturated heterocycles. The van der Waals surface area contributed by atoms with E-state index in [-0.39, 0.29) is 5.56 Å². The molecular formula is C18H14N4O2S. The minimum absolute atomic E-state index is 0.139. The van der Waals surface area contributed by atoms with Crippen molar-refractivity contribution < 1.29 is 4.42 Å². The first kappa shape index (κ1) is 15.6. The van der Waals surface area contributed by atoms with Gasteiger partial charge in [0.2, 0.25) is 5.89 Å². The number of nitrogens with one attached hydrogen (secondary N) is 1. The standard InChI is InChI=1S/C18H14N4O2S/c1-11-6-5-9-13-15(11)19-14(20-16(13)23)10-25-18-22-21-17(24-18)12-7-3-2-4-8-12/h2-9H,10H2,1H3,(H,19,20,23). The van der Waals surface area contributed by atoms with Gasteiger partial charge in [-0.15, -0.1) is 10.2 Å². The number of fused-ring (bicyclic) bond motifs is 1. The smallest absolute Gasteiger partial charge is 0.277 e. The van der Waals surface area contributed by atoms with Crippen molar-refractivity contribution in [2.45, 2.75) is 17.9 Å². The highest BCUT2D eigenvalue weighted by molar-refractivity contribution is 7.98. The minimum atomic E-state index is -0.139. The van der Waals surface area contributed by atoms with E-state index in [2.05, 4.69) is 20.2 Å². The van der Waals surface area contributed by atoms with Gasteiger partial charge in [0.1, 0.15) is 5.82 Å². The Hall–Kier alpha value is -2.93. The van der Waals surface area contributed by atoms with Gasteiger partial charge in [0.05, 0.1) is 16.7 Å². The Bertz CT molecular complexity index is 1090. The molecule has 0 aliphatic heterocycles. The first-order chi connectivity index (χ1) is 12.2. The lowest BCUT2D eigenvalue weighted by Gasteiger charge is -2.03. The second-order valence-electron chi connectivity index (χ2n) is 5.51. The maximum atomic E-state index is 12.2. The van der Waals surface area contributed by atoms with Crippen molar-refractivity contribution in [3.8, 4) is 11.5 Å². The average Bonchev–Trinajstić information content (AvgIpc) is 3.11. The van der Waals surface area contributed by atoms with Crippen LogP contribution in [0.4, 0.5) is 0 Å². The summed E-state index contributed by atoms with van der Waals surface area (Å²) in [5, 5.41) is 9.12. The fraction of sp³-hybridized carbons (Fsp3) is 0.111. The zero-order chi connectivity index (χ0) is 17.2. The van der Waals surface area contributed by atoms with E-state index in [0.717, 1.165) is 16.6 Å². The highest BCUT2D eigenvalue weighted by Gasteiger charge is 2.11. The van der Waals surface area contributed by atoms with Crippen LogP contribution in [-0.4, -0.2) is 20.2 Å². The van der Waals surface area contributed by atoms with Gasteiger partial charge in [-0.1, -0.05) is 42.1 Å². The first-order valence-electron chi connectivity index (χ1n) is 7.71. The summed E-state index contributed by atoms with van der Waals surface area (Å²) < 4.78 is 5.65. The van der Waals surface area contributed by atoms with Crippen LogP contribution in [0.15, 0.2) is 63.0 Å². The predicted molar refractivity (Wildman–Crippen MR) is 96.4 cm³/mol. The van der Waals surface area contributed by atoms with Crippen molar-refractivity contribution in [1.29, 1.82) is 0 Å². The van der Waals surface area contributed by atoms with Crippen LogP contribution in [-0.2, 0) is 5.75 Å². The predicted octanol–water partition coefficient (Wildman–Crippen LogP) is 3.57. The molecule has 0 saturated carbocycles. The van der Waals surface area contributed by atoms with Gasteiger partial charge in [0.15, 0.2) is 0 Å². The number of hydrogen-bond donors (Lipinski definition) is 1. The summed E-state index contributed by atoms with van der Waals surface area (Å²) in [5.74, 6) is 1.49. The average molecular weight is 350 g/mol. The highest BCUT2D eigenvalue weighted by atomic mass is 32.2. The second-order valence-corrected chi connectivity index (χ2v) is 6.44. The van der Waals surface area contributed by atoms with Crippen molar-refractivity contribution in [2.24, 2.45) is 0 Å². The SMILES string of the molecule is Cc1cccc2c(=O)[nH]c(CSc3nnc(-c4ccccc4)o3)nc12. The molecule has 0 aliphatic carbocycles. The van der Waals surface area contributed by atoms with Crippen LogP contribution >= 0.6 is 11.8 Å². The Morgan fingerprint density at radius 3 is 2.76 bits per heavy atom. The molecule has 6 nitrogen and oxygen atoms in total. The number of aromatic nitrogens is 4. The van der Waals surface area contributed by atoms with E-state index in [0.29, 0.717) is 28.1 Å². The van der Waals surface area contributed by atoms with E-state index in [4.69, 9.17) is 4.42 Å². The third-order valence-electron chi connectivity index (χ3n) is 3.75. The number of thioether (sulfide) groups is 1. The molecule has 124 valence electrons. The van der Waals surface area contributed by atoms with E-state index in [1.54, 1.807) is 6.07 Å². The fourth-order valence-electron chi connectivity index (χ4n) is 2.52. The number of H-pyrrole nitrogens is 1. The Balaban J connectivity index is 1.56. The summed E-state index contributed by atoms with van der Waals surface area (Å²) in [6, 6.07) is 15.1. The summed E-state index contributed by atoms with van der Waals surface area (Å²) in [7, 11) is 0. The zero-order valence-electron chi connectivity index (χ0n) is 13.4. The molecule has 4 aromatic rings. The summed E-state index contributed by atoms with van der Waals surface area (Å²) in [5.41, 5.74) is 2.42. The van der Waals surface area contributed by atoms with Crippen LogP contribution in [0.1, 0.15) is 11.4 Å². The molecule has 2 heterocycles. The zero-order valence-corrected chi connectivity index (χ0v) is 14.2. The van der Waals surface area contributed by atoms with Gasteiger partial charge >= 0.3 is 0 Å². The molecule has 4 rings (SSSR count). The first-order valence-corrected chi connectivity index (χ1v) is 8.69. The fourth-order valence-corrected chi connectivity index (χ4v) is 3.15. The quantitative estimate of drug-likeness (QED) is 0.566. The molecule has 0 atom stereocenters. The van der Waals surface area contributed by atoms with Crippen molar-refractivity contribution in [1.82, 2.24) is 20.2 Å². The maximum Gasteiger partial charge on any atom is 0.277 e. The van der Waals surface area contributed by atoms with E-state index in [9.17, 15) is 4.79 Å². The van der Waals surface area contributed by atoms with Crippen molar-refractivity contribution in [3.05, 3.63) is 70.3 Å². The summed E-state index contributed by atoms with van der Waals surface area (Å²) in [6.07, 6.45) is 0. The topological polar surface area (TPSA) is 84.7 Å². The maximum absolute atomic E-state index is 12.2. The summed E-state index contributed by atoms with van der Waals surface area (Å²) in [6.45, 7) is 1.94. The van der Waals surface area contributed by atoms with E-state index >= 15 is 0 Å². The molecule has 0 unspecified atom stereocenters. The number of benzene rings is 2. The largest absolute Gasteiger partial charge is 0.411 e. The molecule has 0 amide bonds. The molecule has 0 spiro atoms. The molecule has 1 N–H and O–H groups in total. The monoisotopic (exact) mass is 350 g/mol.